The summed E-state index contributed by atoms with van der Waals surface area (Å²) < 4.78 is 11.9. The largest absolute Gasteiger partial charge is 0.493 e. The summed E-state index contributed by atoms with van der Waals surface area (Å²) in [6.07, 6.45) is 2.74. The van der Waals surface area contributed by atoms with Gasteiger partial charge in [0.1, 0.15) is 0 Å². The number of nitrogens with one attached hydrogen (secondary N) is 1. The van der Waals surface area contributed by atoms with Crippen molar-refractivity contribution in [2.75, 3.05) is 19.1 Å². The summed E-state index contributed by atoms with van der Waals surface area (Å²) in [5.41, 5.74) is 6.68. The molecule has 2 heterocycles. The molecular formula is C24H26BrN3O3. The molecule has 0 bridgehead atoms. The van der Waals surface area contributed by atoms with Crippen molar-refractivity contribution in [1.82, 2.24) is 5.43 Å². The fourth-order valence-electron chi connectivity index (χ4n) is 4.25. The van der Waals surface area contributed by atoms with E-state index in [1.807, 2.05) is 12.1 Å². The van der Waals surface area contributed by atoms with Crippen LogP contribution in [0.3, 0.4) is 0 Å². The molecule has 1 aliphatic heterocycles. The summed E-state index contributed by atoms with van der Waals surface area (Å²) in [7, 11) is 3.70. The molecule has 1 atom stereocenters. The quantitative estimate of drug-likeness (QED) is 0.382. The number of carbonyl (C=O) groups excluding carboxylic acids is 1. The van der Waals surface area contributed by atoms with Crippen molar-refractivity contribution in [3.05, 3.63) is 57.8 Å². The van der Waals surface area contributed by atoms with Crippen LogP contribution >= 0.6 is 15.9 Å². The summed E-state index contributed by atoms with van der Waals surface area (Å²) >= 11 is 3.43. The molecule has 1 unspecified atom stereocenters. The molecule has 1 amide bonds. The molecule has 0 fully saturated rings. The molecule has 7 heteroatoms. The Morgan fingerprint density at radius 2 is 2.10 bits per heavy atom. The molecular weight excluding hydrogens is 458 g/mol. The number of hydrogen-bond acceptors (Lipinski definition) is 5. The molecule has 0 spiro atoms. The first-order chi connectivity index (χ1) is 14.7. The number of benzene rings is 2. The Labute approximate surface area is 190 Å². The highest BCUT2D eigenvalue weighted by molar-refractivity contribution is 9.10. The molecule has 2 aromatic carbocycles. The van der Waals surface area contributed by atoms with Crippen molar-refractivity contribution < 1.29 is 13.9 Å². The van der Waals surface area contributed by atoms with Crippen molar-refractivity contribution >= 4 is 44.7 Å². The zero-order valence-corrected chi connectivity index (χ0v) is 19.9. The lowest BCUT2D eigenvalue weighted by Crippen LogP contribution is -2.45. The lowest BCUT2D eigenvalue weighted by atomic mass is 9.80. The van der Waals surface area contributed by atoms with E-state index in [0.717, 1.165) is 21.8 Å². The molecule has 162 valence electrons. The summed E-state index contributed by atoms with van der Waals surface area (Å²) in [5.74, 6) is 0.766. The molecule has 1 aromatic heterocycles. The molecule has 6 nitrogen and oxygen atoms in total. The highest BCUT2D eigenvalue weighted by atomic mass is 79.9. The van der Waals surface area contributed by atoms with Gasteiger partial charge >= 0.3 is 5.91 Å². The van der Waals surface area contributed by atoms with Crippen molar-refractivity contribution in [1.29, 1.82) is 0 Å². The van der Waals surface area contributed by atoms with Gasteiger partial charge in [-0.15, -0.1) is 0 Å². The van der Waals surface area contributed by atoms with E-state index in [-0.39, 0.29) is 11.3 Å². The number of halogens is 1. The van der Waals surface area contributed by atoms with Gasteiger partial charge in [-0.05, 0) is 67.6 Å². The number of methoxy groups -OCH3 is 1. The Hall–Kier alpha value is -2.80. The van der Waals surface area contributed by atoms with Gasteiger partial charge in [0.25, 0.3) is 0 Å². The minimum absolute atomic E-state index is 0.126. The molecule has 4 rings (SSSR count). The van der Waals surface area contributed by atoms with Crippen LogP contribution in [0, 0.1) is 0 Å². The number of nitrogens with zero attached hydrogens (tertiary/aromatic N) is 2. The second kappa shape index (κ2) is 8.04. The highest BCUT2D eigenvalue weighted by Crippen LogP contribution is 2.42. The molecule has 0 saturated heterocycles. The van der Waals surface area contributed by atoms with E-state index in [4.69, 9.17) is 9.15 Å². The zero-order chi connectivity index (χ0) is 22.3. The SMILES string of the molecule is COc1cc(Br)cc2cc(C(=O)N/N=C\c3ccc4c(c3)C(C)CC(C)(C)N4C)oc12. The van der Waals surface area contributed by atoms with Crippen LogP contribution in [0.15, 0.2) is 50.4 Å². The van der Waals surface area contributed by atoms with Crippen LogP contribution in [0.1, 0.15) is 54.8 Å². The topological polar surface area (TPSA) is 67.1 Å². The number of furan rings is 1. The van der Waals surface area contributed by atoms with E-state index in [2.05, 4.69) is 71.3 Å². The van der Waals surface area contributed by atoms with Crippen LogP contribution in [-0.4, -0.2) is 31.8 Å². The lowest BCUT2D eigenvalue weighted by molar-refractivity contribution is 0.0929. The van der Waals surface area contributed by atoms with Crippen LogP contribution in [-0.2, 0) is 0 Å². The van der Waals surface area contributed by atoms with Crippen LogP contribution in [0.25, 0.3) is 11.0 Å². The maximum atomic E-state index is 12.5. The van der Waals surface area contributed by atoms with Crippen LogP contribution in [0.5, 0.6) is 5.75 Å². The smallest absolute Gasteiger partial charge is 0.307 e. The van der Waals surface area contributed by atoms with Crippen molar-refractivity contribution in [2.24, 2.45) is 5.10 Å². The fraction of sp³-hybridized carbons (Fsp3) is 0.333. The number of rotatable bonds is 4. The third-order valence-electron chi connectivity index (χ3n) is 6.03. The Balaban J connectivity index is 1.51. The highest BCUT2D eigenvalue weighted by Gasteiger charge is 2.33. The Kier molecular flexibility index (Phi) is 5.56. The van der Waals surface area contributed by atoms with E-state index >= 15 is 0 Å². The van der Waals surface area contributed by atoms with E-state index in [0.29, 0.717) is 17.3 Å². The number of amides is 1. The minimum atomic E-state index is -0.418. The van der Waals surface area contributed by atoms with Gasteiger partial charge in [0.15, 0.2) is 17.1 Å². The third kappa shape index (κ3) is 4.06. The molecule has 1 aliphatic rings. The molecule has 1 N–H and O–H groups in total. The first kappa shape index (κ1) is 21.4. The normalized spacial score (nSPS) is 17.7. The van der Waals surface area contributed by atoms with Gasteiger partial charge in [0, 0.05) is 28.1 Å². The fourth-order valence-corrected chi connectivity index (χ4v) is 4.70. The van der Waals surface area contributed by atoms with Gasteiger partial charge in [-0.25, -0.2) is 5.43 Å². The molecule has 3 aromatic rings. The van der Waals surface area contributed by atoms with Gasteiger partial charge in [-0.1, -0.05) is 28.9 Å². The third-order valence-corrected chi connectivity index (χ3v) is 6.49. The van der Waals surface area contributed by atoms with Gasteiger partial charge < -0.3 is 14.1 Å². The number of hydrazone groups is 1. The monoisotopic (exact) mass is 483 g/mol. The van der Waals surface area contributed by atoms with E-state index in [1.54, 1.807) is 25.5 Å². The van der Waals surface area contributed by atoms with Crippen LogP contribution < -0.4 is 15.1 Å². The first-order valence-corrected chi connectivity index (χ1v) is 11.0. The van der Waals surface area contributed by atoms with Crippen molar-refractivity contribution in [3.63, 3.8) is 0 Å². The Bertz CT molecular complexity index is 1180. The maximum absolute atomic E-state index is 12.5. The summed E-state index contributed by atoms with van der Waals surface area (Å²) in [5, 5.41) is 4.91. The van der Waals surface area contributed by atoms with Gasteiger partial charge in [0.05, 0.1) is 13.3 Å². The molecule has 0 aliphatic carbocycles. The first-order valence-electron chi connectivity index (χ1n) is 10.2. The number of hydrogen-bond donors (Lipinski definition) is 1. The van der Waals surface area contributed by atoms with E-state index < -0.39 is 5.91 Å². The summed E-state index contributed by atoms with van der Waals surface area (Å²) in [4.78, 5) is 14.8. The average molecular weight is 484 g/mol. The molecule has 31 heavy (non-hydrogen) atoms. The Morgan fingerprint density at radius 3 is 2.84 bits per heavy atom. The Morgan fingerprint density at radius 1 is 1.32 bits per heavy atom. The van der Waals surface area contributed by atoms with Gasteiger partial charge in [-0.2, -0.15) is 5.10 Å². The predicted octanol–water partition coefficient (Wildman–Crippen LogP) is 5.69. The number of ether oxygens (including phenoxy) is 1. The van der Waals surface area contributed by atoms with Crippen LogP contribution in [0.2, 0.25) is 0 Å². The number of fused-ring (bicyclic) bond motifs is 2. The predicted molar refractivity (Wildman–Crippen MR) is 127 cm³/mol. The maximum Gasteiger partial charge on any atom is 0.307 e. The molecule has 0 radical (unpaired) electrons. The van der Waals surface area contributed by atoms with Gasteiger partial charge in [-0.3, -0.25) is 4.79 Å². The van der Waals surface area contributed by atoms with E-state index in [9.17, 15) is 4.79 Å². The lowest BCUT2D eigenvalue weighted by Gasteiger charge is -2.45. The summed E-state index contributed by atoms with van der Waals surface area (Å²) in [6.45, 7) is 6.79. The van der Waals surface area contributed by atoms with Crippen molar-refractivity contribution in [2.45, 2.75) is 38.6 Å². The second-order valence-corrected chi connectivity index (χ2v) is 9.55. The van der Waals surface area contributed by atoms with Crippen molar-refractivity contribution in [3.8, 4) is 5.75 Å². The number of carbonyl (C=O) groups is 1. The second-order valence-electron chi connectivity index (χ2n) is 8.63. The molecule has 0 saturated carbocycles. The summed E-state index contributed by atoms with van der Waals surface area (Å²) in [6, 6.07) is 11.6. The number of anilines is 1. The zero-order valence-electron chi connectivity index (χ0n) is 18.3. The van der Waals surface area contributed by atoms with E-state index in [1.165, 1.54) is 11.3 Å². The van der Waals surface area contributed by atoms with Gasteiger partial charge in [0.2, 0.25) is 0 Å². The van der Waals surface area contributed by atoms with Crippen LogP contribution in [0.4, 0.5) is 5.69 Å². The minimum Gasteiger partial charge on any atom is -0.493 e. The average Bonchev–Trinajstić information content (AvgIpc) is 3.15. The standard InChI is InChI=1S/C24H26BrN3O3/c1-14-12-24(2,3)28(4)19-7-6-15(8-18(14)19)13-26-27-23(29)21-10-16-9-17(25)11-20(30-5)22(16)31-21/h6-11,13-14H,12H2,1-5H3,(H,27,29)/b26-13-.